The third-order valence-corrected chi connectivity index (χ3v) is 4.61. The predicted octanol–water partition coefficient (Wildman–Crippen LogP) is 0.689. The molecule has 124 valence electrons. The Bertz CT molecular complexity index is 467. The van der Waals surface area contributed by atoms with Crippen LogP contribution >= 0.6 is 0 Å². The predicted molar refractivity (Wildman–Crippen MR) is 79.6 cm³/mol. The van der Waals surface area contributed by atoms with Gasteiger partial charge in [0.05, 0.1) is 13.2 Å². The molecule has 3 heterocycles. The van der Waals surface area contributed by atoms with Crippen molar-refractivity contribution in [3.8, 4) is 0 Å². The quantitative estimate of drug-likeness (QED) is 0.715. The molecule has 1 aromatic heterocycles. The van der Waals surface area contributed by atoms with Crippen LogP contribution in [0.15, 0.2) is 0 Å². The lowest BCUT2D eigenvalue weighted by Gasteiger charge is -2.39. The van der Waals surface area contributed by atoms with Gasteiger partial charge in [-0.1, -0.05) is 5.10 Å². The van der Waals surface area contributed by atoms with Gasteiger partial charge in [0.25, 0.3) is 0 Å². The smallest absolute Gasteiger partial charge is 0.245 e. The van der Waals surface area contributed by atoms with E-state index in [1.54, 1.807) is 7.11 Å². The molecule has 2 aliphatic heterocycles. The summed E-state index contributed by atoms with van der Waals surface area (Å²) in [6.07, 6.45) is 2.97. The number of tetrazole rings is 1. The number of aryl methyl sites for hydroxylation is 1. The van der Waals surface area contributed by atoms with E-state index in [4.69, 9.17) is 14.2 Å². The molecule has 0 unspecified atom stereocenters. The number of hydrogen-bond donors (Lipinski definition) is 0. The Morgan fingerprint density at radius 3 is 2.68 bits per heavy atom. The summed E-state index contributed by atoms with van der Waals surface area (Å²) in [6.45, 7) is 6.82. The average Bonchev–Trinajstić information content (AvgIpc) is 3.18. The summed E-state index contributed by atoms with van der Waals surface area (Å²) in [5, 5.41) is 12.1. The van der Waals surface area contributed by atoms with E-state index in [1.165, 1.54) is 0 Å². The van der Waals surface area contributed by atoms with Gasteiger partial charge in [-0.2, -0.15) is 0 Å². The van der Waals surface area contributed by atoms with Crippen LogP contribution in [0.2, 0.25) is 0 Å². The number of rotatable bonds is 6. The summed E-state index contributed by atoms with van der Waals surface area (Å²) in [5.74, 6) is 0.883. The summed E-state index contributed by atoms with van der Waals surface area (Å²) < 4.78 is 18.5. The normalized spacial score (nSPS) is 22.4. The molecule has 0 bridgehead atoms. The Hall–Kier alpha value is -1.25. The summed E-state index contributed by atoms with van der Waals surface area (Å²) in [5.41, 5.74) is 0. The zero-order valence-electron chi connectivity index (χ0n) is 13.4. The van der Waals surface area contributed by atoms with Crippen LogP contribution in [0, 0.1) is 5.92 Å². The van der Waals surface area contributed by atoms with E-state index in [2.05, 4.69) is 27.3 Å². The summed E-state index contributed by atoms with van der Waals surface area (Å²) >= 11 is 0. The van der Waals surface area contributed by atoms with Crippen molar-refractivity contribution in [3.05, 3.63) is 0 Å². The first-order valence-electron chi connectivity index (χ1n) is 8.01. The number of nitrogens with zero attached hydrogens (tertiary/aromatic N) is 5. The summed E-state index contributed by atoms with van der Waals surface area (Å²) in [6, 6.07) is 0. The fourth-order valence-corrected chi connectivity index (χ4v) is 3.30. The molecule has 3 rings (SSSR count). The second-order valence-corrected chi connectivity index (χ2v) is 6.02. The van der Waals surface area contributed by atoms with Crippen LogP contribution in [0.25, 0.3) is 0 Å². The van der Waals surface area contributed by atoms with E-state index in [-0.39, 0.29) is 0 Å². The van der Waals surface area contributed by atoms with Crippen LogP contribution in [0.1, 0.15) is 26.2 Å². The van der Waals surface area contributed by atoms with Gasteiger partial charge in [0.15, 0.2) is 5.79 Å². The second kappa shape index (κ2) is 6.89. The van der Waals surface area contributed by atoms with Crippen LogP contribution in [0.5, 0.6) is 0 Å². The van der Waals surface area contributed by atoms with E-state index < -0.39 is 5.79 Å². The molecule has 0 atom stereocenters. The lowest BCUT2D eigenvalue weighted by Crippen LogP contribution is -2.45. The topological polar surface area (TPSA) is 74.5 Å². The molecule has 8 heteroatoms. The highest BCUT2D eigenvalue weighted by Gasteiger charge is 2.41. The Balaban J connectivity index is 1.56. The lowest BCUT2D eigenvalue weighted by molar-refractivity contribution is -0.185. The van der Waals surface area contributed by atoms with Gasteiger partial charge in [-0.25, -0.2) is 4.68 Å². The van der Waals surface area contributed by atoms with Crippen LogP contribution in [0.4, 0.5) is 5.95 Å². The molecule has 0 aromatic carbocycles. The highest BCUT2D eigenvalue weighted by molar-refractivity contribution is 5.28. The zero-order valence-corrected chi connectivity index (χ0v) is 13.4. The maximum atomic E-state index is 5.79. The molecule has 0 radical (unpaired) electrons. The van der Waals surface area contributed by atoms with E-state index >= 15 is 0 Å². The summed E-state index contributed by atoms with van der Waals surface area (Å²) in [4.78, 5) is 2.25. The van der Waals surface area contributed by atoms with Crippen molar-refractivity contribution >= 4 is 5.95 Å². The fourth-order valence-electron chi connectivity index (χ4n) is 3.30. The van der Waals surface area contributed by atoms with E-state index in [9.17, 15) is 0 Å². The number of methoxy groups -OCH3 is 1. The second-order valence-electron chi connectivity index (χ2n) is 6.02. The molecule has 0 spiro atoms. The van der Waals surface area contributed by atoms with Crippen LogP contribution in [0.3, 0.4) is 0 Å². The van der Waals surface area contributed by atoms with Crippen molar-refractivity contribution in [1.29, 1.82) is 0 Å². The number of aromatic nitrogens is 4. The van der Waals surface area contributed by atoms with Crippen LogP contribution in [-0.4, -0.2) is 66.0 Å². The third-order valence-electron chi connectivity index (χ3n) is 4.61. The Morgan fingerprint density at radius 2 is 2.00 bits per heavy atom. The SMILES string of the molecule is COCCCn1nnnc1N1CCC(C2(C)OCCO2)CC1. The van der Waals surface area contributed by atoms with Gasteiger partial charge in [-0.3, -0.25) is 0 Å². The van der Waals surface area contributed by atoms with Crippen molar-refractivity contribution in [1.82, 2.24) is 20.2 Å². The molecular weight excluding hydrogens is 286 g/mol. The molecule has 0 aliphatic carbocycles. The van der Waals surface area contributed by atoms with Gasteiger partial charge in [0.1, 0.15) is 0 Å². The van der Waals surface area contributed by atoms with E-state index in [0.717, 1.165) is 44.8 Å². The molecular formula is C14H25N5O3. The van der Waals surface area contributed by atoms with Gasteiger partial charge in [0.2, 0.25) is 5.95 Å². The van der Waals surface area contributed by atoms with Gasteiger partial charge >= 0.3 is 0 Å². The molecule has 8 nitrogen and oxygen atoms in total. The minimum Gasteiger partial charge on any atom is -0.385 e. The monoisotopic (exact) mass is 311 g/mol. The van der Waals surface area contributed by atoms with E-state index in [0.29, 0.717) is 25.7 Å². The van der Waals surface area contributed by atoms with E-state index in [1.807, 2.05) is 4.68 Å². The lowest BCUT2D eigenvalue weighted by atomic mass is 9.89. The Kier molecular flexibility index (Phi) is 4.90. The van der Waals surface area contributed by atoms with Crippen molar-refractivity contribution < 1.29 is 14.2 Å². The van der Waals surface area contributed by atoms with Crippen LogP contribution < -0.4 is 4.90 Å². The zero-order chi connectivity index (χ0) is 15.4. The molecule has 2 fully saturated rings. The molecule has 2 saturated heterocycles. The maximum Gasteiger partial charge on any atom is 0.245 e. The van der Waals surface area contributed by atoms with Crippen molar-refractivity contribution in [2.75, 3.05) is 44.9 Å². The number of anilines is 1. The first-order chi connectivity index (χ1) is 10.7. The molecule has 0 amide bonds. The first-order valence-corrected chi connectivity index (χ1v) is 8.01. The number of piperidine rings is 1. The van der Waals surface area contributed by atoms with Crippen molar-refractivity contribution in [3.63, 3.8) is 0 Å². The molecule has 0 saturated carbocycles. The van der Waals surface area contributed by atoms with Gasteiger partial charge in [0, 0.05) is 39.3 Å². The maximum absolute atomic E-state index is 5.79. The van der Waals surface area contributed by atoms with Crippen molar-refractivity contribution in [2.45, 2.75) is 38.5 Å². The first kappa shape index (κ1) is 15.6. The standard InChI is InChI=1S/C14H25N5O3/c1-14(21-10-11-22-14)12-4-7-18(8-5-12)13-15-16-17-19(13)6-3-9-20-2/h12H,3-11H2,1-2H3. The summed E-state index contributed by atoms with van der Waals surface area (Å²) in [7, 11) is 1.71. The van der Waals surface area contributed by atoms with Crippen LogP contribution in [-0.2, 0) is 20.8 Å². The van der Waals surface area contributed by atoms with Gasteiger partial charge in [-0.05, 0) is 36.6 Å². The highest BCUT2D eigenvalue weighted by atomic mass is 16.7. The minimum absolute atomic E-state index is 0.406. The Morgan fingerprint density at radius 1 is 1.27 bits per heavy atom. The number of hydrogen-bond acceptors (Lipinski definition) is 7. The molecule has 1 aromatic rings. The number of ether oxygens (including phenoxy) is 3. The van der Waals surface area contributed by atoms with Gasteiger partial charge in [-0.15, -0.1) is 0 Å². The molecule has 2 aliphatic rings. The van der Waals surface area contributed by atoms with Crippen molar-refractivity contribution in [2.24, 2.45) is 5.92 Å². The molecule has 0 N–H and O–H groups in total. The minimum atomic E-state index is -0.406. The average molecular weight is 311 g/mol. The Labute approximate surface area is 130 Å². The largest absolute Gasteiger partial charge is 0.385 e. The third kappa shape index (κ3) is 3.23. The highest BCUT2D eigenvalue weighted by Crippen LogP contribution is 2.35. The fraction of sp³-hybridized carbons (Fsp3) is 0.929. The van der Waals surface area contributed by atoms with Gasteiger partial charge < -0.3 is 19.1 Å². The molecule has 22 heavy (non-hydrogen) atoms.